The van der Waals surface area contributed by atoms with Crippen LogP contribution < -0.4 is 15.8 Å². The van der Waals surface area contributed by atoms with Gasteiger partial charge in [-0.25, -0.2) is 0 Å². The fraction of sp³-hybridized carbons (Fsp3) is 0.533. The maximum absolute atomic E-state index is 8.80. The fourth-order valence-corrected chi connectivity index (χ4v) is 2.03. The van der Waals surface area contributed by atoms with Gasteiger partial charge in [0.25, 0.3) is 0 Å². The third-order valence-electron chi connectivity index (χ3n) is 3.18. The highest BCUT2D eigenvalue weighted by Crippen LogP contribution is 2.19. The van der Waals surface area contributed by atoms with E-state index in [2.05, 4.69) is 10.5 Å². The van der Waals surface area contributed by atoms with E-state index in [1.54, 1.807) is 14.2 Å². The predicted octanol–water partition coefficient (Wildman–Crippen LogP) is 1.70. The summed E-state index contributed by atoms with van der Waals surface area (Å²) in [5.41, 5.74) is 7.31. The van der Waals surface area contributed by atoms with Gasteiger partial charge in [0.05, 0.1) is 12.7 Å². The van der Waals surface area contributed by atoms with Gasteiger partial charge in [-0.05, 0) is 43.5 Å². The van der Waals surface area contributed by atoms with Gasteiger partial charge in [-0.1, -0.05) is 11.2 Å². The molecule has 0 saturated carbocycles. The minimum atomic E-state index is 0.0493. The molecule has 0 atom stereocenters. The molecule has 4 N–H and O–H groups in total. The number of hydrogen-bond acceptors (Lipinski definition) is 5. The van der Waals surface area contributed by atoms with Gasteiger partial charge in [0.2, 0.25) is 0 Å². The molecule has 6 heteroatoms. The molecule has 1 aromatic rings. The van der Waals surface area contributed by atoms with E-state index in [1.807, 2.05) is 18.2 Å². The number of rotatable bonds is 10. The molecule has 6 nitrogen and oxygen atoms in total. The number of ether oxygens (including phenoxy) is 2. The Bertz CT molecular complexity index is 450. The van der Waals surface area contributed by atoms with Crippen molar-refractivity contribution in [1.82, 2.24) is 5.32 Å². The van der Waals surface area contributed by atoms with E-state index in [9.17, 15) is 0 Å². The van der Waals surface area contributed by atoms with Crippen LogP contribution >= 0.6 is 0 Å². The van der Waals surface area contributed by atoms with Gasteiger partial charge in [0, 0.05) is 20.3 Å². The van der Waals surface area contributed by atoms with Gasteiger partial charge in [-0.3, -0.25) is 0 Å². The number of benzene rings is 1. The number of oxime groups is 1. The van der Waals surface area contributed by atoms with Crippen LogP contribution in [-0.4, -0.2) is 38.4 Å². The van der Waals surface area contributed by atoms with Crippen LogP contribution in [0, 0.1) is 0 Å². The Kier molecular flexibility index (Phi) is 8.23. The highest BCUT2D eigenvalue weighted by atomic mass is 16.5. The largest absolute Gasteiger partial charge is 0.496 e. The van der Waals surface area contributed by atoms with Crippen molar-refractivity contribution in [3.05, 3.63) is 29.3 Å². The molecule has 0 amide bonds. The van der Waals surface area contributed by atoms with E-state index >= 15 is 0 Å². The highest BCUT2D eigenvalue weighted by molar-refractivity contribution is 5.99. The molecule has 0 spiro atoms. The maximum Gasteiger partial charge on any atom is 0.173 e. The van der Waals surface area contributed by atoms with Gasteiger partial charge >= 0.3 is 0 Å². The van der Waals surface area contributed by atoms with Crippen molar-refractivity contribution >= 4 is 5.84 Å². The first kappa shape index (κ1) is 17.3. The van der Waals surface area contributed by atoms with Crippen LogP contribution in [0.2, 0.25) is 0 Å². The van der Waals surface area contributed by atoms with Crippen LogP contribution in [0.4, 0.5) is 0 Å². The molecule has 0 heterocycles. The first-order valence-electron chi connectivity index (χ1n) is 7.07. The van der Waals surface area contributed by atoms with E-state index in [4.69, 9.17) is 20.4 Å². The van der Waals surface area contributed by atoms with Gasteiger partial charge < -0.3 is 25.7 Å². The Balaban J connectivity index is 2.45. The van der Waals surface area contributed by atoms with E-state index in [0.29, 0.717) is 11.3 Å². The molecule has 0 aliphatic heterocycles. The summed E-state index contributed by atoms with van der Waals surface area (Å²) in [5, 5.41) is 15.2. The zero-order chi connectivity index (χ0) is 15.5. The van der Waals surface area contributed by atoms with Crippen LogP contribution in [0.3, 0.4) is 0 Å². The van der Waals surface area contributed by atoms with Gasteiger partial charge in [-0.2, -0.15) is 0 Å². The molecule has 21 heavy (non-hydrogen) atoms. The Morgan fingerprint density at radius 2 is 2.10 bits per heavy atom. The van der Waals surface area contributed by atoms with Crippen molar-refractivity contribution in [2.45, 2.75) is 25.8 Å². The van der Waals surface area contributed by atoms with Crippen molar-refractivity contribution in [3.63, 3.8) is 0 Å². The number of amidine groups is 1. The van der Waals surface area contributed by atoms with Crippen molar-refractivity contribution in [1.29, 1.82) is 0 Å². The number of nitrogens with two attached hydrogens (primary N) is 1. The van der Waals surface area contributed by atoms with Gasteiger partial charge in [0.1, 0.15) is 5.75 Å². The topological polar surface area (TPSA) is 89.1 Å². The van der Waals surface area contributed by atoms with Crippen molar-refractivity contribution in [2.24, 2.45) is 10.9 Å². The molecular formula is C15H25N3O3. The average molecular weight is 295 g/mol. The van der Waals surface area contributed by atoms with Crippen molar-refractivity contribution in [3.8, 4) is 5.75 Å². The minimum absolute atomic E-state index is 0.0493. The van der Waals surface area contributed by atoms with Crippen molar-refractivity contribution < 1.29 is 14.7 Å². The predicted molar refractivity (Wildman–Crippen MR) is 82.9 cm³/mol. The summed E-state index contributed by atoms with van der Waals surface area (Å²) in [6.07, 6.45) is 3.36. The number of unbranched alkanes of at least 4 members (excludes halogenated alkanes) is 2. The molecule has 0 fully saturated rings. The Morgan fingerprint density at radius 3 is 2.76 bits per heavy atom. The van der Waals surface area contributed by atoms with E-state index in [1.165, 1.54) is 0 Å². The molecule has 0 aliphatic rings. The van der Waals surface area contributed by atoms with Crippen LogP contribution in [0.25, 0.3) is 0 Å². The normalized spacial score (nSPS) is 11.6. The van der Waals surface area contributed by atoms with Gasteiger partial charge in [0.15, 0.2) is 5.84 Å². The average Bonchev–Trinajstić information content (AvgIpc) is 2.53. The summed E-state index contributed by atoms with van der Waals surface area (Å²) < 4.78 is 10.2. The molecule has 0 aromatic heterocycles. The third kappa shape index (κ3) is 6.01. The zero-order valence-corrected chi connectivity index (χ0v) is 12.8. The molecule has 0 bridgehead atoms. The Labute approximate surface area is 125 Å². The standard InChI is InChI=1S/C15H25N3O3/c1-20-9-5-3-4-8-17-11-12-6-7-14(21-2)13(10-12)15(16)18-19/h6-7,10,17,19H,3-5,8-9,11H2,1-2H3,(H2,16,18). The summed E-state index contributed by atoms with van der Waals surface area (Å²) in [7, 11) is 3.28. The lowest BCUT2D eigenvalue weighted by atomic mass is 10.1. The quantitative estimate of drug-likeness (QED) is 0.201. The van der Waals surface area contributed by atoms with E-state index < -0.39 is 0 Å². The Morgan fingerprint density at radius 1 is 1.29 bits per heavy atom. The number of nitrogens with zero attached hydrogens (tertiary/aromatic N) is 1. The van der Waals surface area contributed by atoms with Crippen LogP contribution in [-0.2, 0) is 11.3 Å². The summed E-state index contributed by atoms with van der Waals surface area (Å²) in [4.78, 5) is 0. The second kappa shape index (κ2) is 10.0. The van der Waals surface area contributed by atoms with Gasteiger partial charge in [-0.15, -0.1) is 0 Å². The fourth-order valence-electron chi connectivity index (χ4n) is 2.03. The van der Waals surface area contributed by atoms with Crippen LogP contribution in [0.15, 0.2) is 23.4 Å². The lowest BCUT2D eigenvalue weighted by Crippen LogP contribution is -2.17. The molecular weight excluding hydrogens is 270 g/mol. The third-order valence-corrected chi connectivity index (χ3v) is 3.18. The monoisotopic (exact) mass is 295 g/mol. The molecule has 0 saturated heterocycles. The van der Waals surface area contributed by atoms with Crippen molar-refractivity contribution in [2.75, 3.05) is 27.4 Å². The zero-order valence-electron chi connectivity index (χ0n) is 12.8. The van der Waals surface area contributed by atoms with E-state index in [-0.39, 0.29) is 5.84 Å². The summed E-state index contributed by atoms with van der Waals surface area (Å²) >= 11 is 0. The number of nitrogens with one attached hydrogen (secondary N) is 1. The maximum atomic E-state index is 8.80. The SMILES string of the molecule is COCCCCCNCc1ccc(OC)c(/C(N)=N/O)c1. The van der Waals surface area contributed by atoms with Crippen LogP contribution in [0.5, 0.6) is 5.75 Å². The summed E-state index contributed by atoms with van der Waals surface area (Å²) in [5.74, 6) is 0.641. The molecule has 1 rings (SSSR count). The minimum Gasteiger partial charge on any atom is -0.496 e. The highest BCUT2D eigenvalue weighted by Gasteiger charge is 2.08. The first-order valence-corrected chi connectivity index (χ1v) is 7.07. The number of methoxy groups -OCH3 is 2. The summed E-state index contributed by atoms with van der Waals surface area (Å²) in [6.45, 7) is 2.51. The molecule has 0 aliphatic carbocycles. The summed E-state index contributed by atoms with van der Waals surface area (Å²) in [6, 6.07) is 5.65. The lowest BCUT2D eigenvalue weighted by Gasteiger charge is -2.10. The smallest absolute Gasteiger partial charge is 0.173 e. The van der Waals surface area contributed by atoms with Crippen LogP contribution in [0.1, 0.15) is 30.4 Å². The first-order chi connectivity index (χ1) is 10.2. The molecule has 118 valence electrons. The second-order valence-corrected chi connectivity index (χ2v) is 4.75. The molecule has 1 aromatic carbocycles. The number of hydrogen-bond donors (Lipinski definition) is 3. The molecule has 0 radical (unpaired) electrons. The second-order valence-electron chi connectivity index (χ2n) is 4.75. The Hall–Kier alpha value is -1.79. The lowest BCUT2D eigenvalue weighted by molar-refractivity contribution is 0.192. The van der Waals surface area contributed by atoms with E-state index in [0.717, 1.165) is 44.5 Å². The molecule has 0 unspecified atom stereocenters.